The first-order valence-corrected chi connectivity index (χ1v) is 8.76. The number of aromatic nitrogens is 1. The molecule has 3 aromatic rings. The van der Waals surface area contributed by atoms with Gasteiger partial charge in [-0.1, -0.05) is 51.1 Å². The summed E-state index contributed by atoms with van der Waals surface area (Å²) in [4.78, 5) is 0. The van der Waals surface area contributed by atoms with Gasteiger partial charge in [0, 0.05) is 41.8 Å². The molecule has 1 nitrogen and oxygen atoms in total. The molecule has 1 aliphatic rings. The summed E-state index contributed by atoms with van der Waals surface area (Å²) in [5.74, 6) is 0.511. The first-order chi connectivity index (χ1) is 11.2. The van der Waals surface area contributed by atoms with Crippen molar-refractivity contribution in [2.24, 2.45) is 0 Å². The van der Waals surface area contributed by atoms with Crippen molar-refractivity contribution >= 4 is 10.9 Å². The Balaban J connectivity index is 2.19. The third kappa shape index (κ3) is 1.83. The molecule has 0 spiro atoms. The van der Waals surface area contributed by atoms with E-state index in [4.69, 9.17) is 0 Å². The first-order valence-electron chi connectivity index (χ1n) is 8.76. The van der Waals surface area contributed by atoms with Gasteiger partial charge in [-0.05, 0) is 23.8 Å². The van der Waals surface area contributed by atoms with Gasteiger partial charge in [-0.3, -0.25) is 0 Å². The Bertz CT molecular complexity index is 874. The third-order valence-electron chi connectivity index (χ3n) is 6.02. The molecule has 116 valence electrons. The summed E-state index contributed by atoms with van der Waals surface area (Å²) >= 11 is 0. The van der Waals surface area contributed by atoms with Gasteiger partial charge in [0.15, 0.2) is 5.54 Å². The predicted molar refractivity (Wildman–Crippen MR) is 96.6 cm³/mol. The molecule has 0 radical (unpaired) electrons. The molecule has 23 heavy (non-hydrogen) atoms. The number of para-hydroxylation sites is 1. The van der Waals surface area contributed by atoms with E-state index < -0.39 is 0 Å². The molecule has 4 rings (SSSR count). The normalized spacial score (nSPS) is 18.5. The molecule has 0 fully saturated rings. The van der Waals surface area contributed by atoms with Gasteiger partial charge in [0.05, 0.1) is 0 Å². The second-order valence-corrected chi connectivity index (χ2v) is 6.73. The number of pyridine rings is 1. The summed E-state index contributed by atoms with van der Waals surface area (Å²) in [7, 11) is 0. The van der Waals surface area contributed by atoms with Crippen LogP contribution in [-0.2, 0) is 5.54 Å². The lowest BCUT2D eigenvalue weighted by atomic mass is 9.71. The Kier molecular flexibility index (Phi) is 3.26. The molecule has 2 aromatic carbocycles. The summed E-state index contributed by atoms with van der Waals surface area (Å²) in [5.41, 5.74) is 5.75. The molecular formula is C22H24N+. The number of hydrogen-bond donors (Lipinski definition) is 0. The second-order valence-electron chi connectivity index (χ2n) is 6.73. The molecule has 1 aliphatic heterocycles. The van der Waals surface area contributed by atoms with Crippen LogP contribution in [0.25, 0.3) is 22.2 Å². The van der Waals surface area contributed by atoms with Crippen LogP contribution in [0.15, 0.2) is 60.7 Å². The van der Waals surface area contributed by atoms with Crippen LogP contribution in [0.4, 0.5) is 0 Å². The van der Waals surface area contributed by atoms with Gasteiger partial charge in [-0.2, -0.15) is 4.57 Å². The van der Waals surface area contributed by atoms with Crippen LogP contribution in [0.2, 0.25) is 0 Å². The smallest absolute Gasteiger partial charge is 0.185 e. The van der Waals surface area contributed by atoms with Crippen molar-refractivity contribution < 1.29 is 4.57 Å². The van der Waals surface area contributed by atoms with Gasteiger partial charge in [0.2, 0.25) is 11.2 Å². The Labute approximate surface area is 138 Å². The van der Waals surface area contributed by atoms with Gasteiger partial charge in [0.25, 0.3) is 0 Å². The molecule has 1 unspecified atom stereocenters. The molecule has 0 saturated heterocycles. The lowest BCUT2D eigenvalue weighted by Crippen LogP contribution is -2.62. The van der Waals surface area contributed by atoms with Crippen molar-refractivity contribution in [2.75, 3.05) is 0 Å². The summed E-state index contributed by atoms with van der Waals surface area (Å²) < 4.78 is 2.63. The minimum Gasteiger partial charge on any atom is -0.185 e. The highest BCUT2D eigenvalue weighted by Gasteiger charge is 2.49. The van der Waals surface area contributed by atoms with Gasteiger partial charge < -0.3 is 0 Å². The largest absolute Gasteiger partial charge is 0.213 e. The maximum atomic E-state index is 2.63. The van der Waals surface area contributed by atoms with E-state index in [0.29, 0.717) is 5.92 Å². The van der Waals surface area contributed by atoms with Gasteiger partial charge in [0.1, 0.15) is 0 Å². The Morgan fingerprint density at radius 1 is 0.870 bits per heavy atom. The molecule has 1 heteroatoms. The molecule has 1 aromatic heterocycles. The summed E-state index contributed by atoms with van der Waals surface area (Å²) in [6.07, 6.45) is 2.29. The van der Waals surface area contributed by atoms with E-state index in [0.717, 1.165) is 12.8 Å². The van der Waals surface area contributed by atoms with Gasteiger partial charge in [-0.25, -0.2) is 0 Å². The van der Waals surface area contributed by atoms with Crippen molar-refractivity contribution in [3.05, 3.63) is 66.2 Å². The standard InChI is InChI=1S/C22H24N/c1-4-22(5-2)16(3)18-11-7-8-12-19(18)21-15-14-17-10-6-9-13-20(17)23(21)22/h6-16H,4-5H2,1-3H3/q+1. The van der Waals surface area contributed by atoms with Crippen molar-refractivity contribution in [1.29, 1.82) is 0 Å². The van der Waals surface area contributed by atoms with E-state index in [1.54, 1.807) is 0 Å². The zero-order valence-electron chi connectivity index (χ0n) is 14.2. The van der Waals surface area contributed by atoms with Crippen molar-refractivity contribution in [3.8, 4) is 11.3 Å². The highest BCUT2D eigenvalue weighted by Crippen LogP contribution is 2.45. The summed E-state index contributed by atoms with van der Waals surface area (Å²) in [6, 6.07) is 22.3. The van der Waals surface area contributed by atoms with Crippen LogP contribution < -0.4 is 4.57 Å². The van der Waals surface area contributed by atoms with Crippen LogP contribution in [-0.4, -0.2) is 0 Å². The molecule has 0 N–H and O–H groups in total. The SMILES string of the molecule is CCC1(CC)C(C)c2ccccc2-c2ccc3ccccc3[n+]21. The topological polar surface area (TPSA) is 3.88 Å². The molecule has 0 bridgehead atoms. The van der Waals surface area contributed by atoms with Crippen molar-refractivity contribution in [2.45, 2.75) is 45.1 Å². The average molecular weight is 302 g/mol. The highest BCUT2D eigenvalue weighted by atomic mass is 15.1. The molecular weight excluding hydrogens is 278 g/mol. The average Bonchev–Trinajstić information content (AvgIpc) is 2.62. The minimum absolute atomic E-state index is 0.143. The first kappa shape index (κ1) is 14.4. The number of hydrogen-bond acceptors (Lipinski definition) is 0. The quantitative estimate of drug-likeness (QED) is 0.556. The fourth-order valence-electron chi connectivity index (χ4n) is 4.66. The fraction of sp³-hybridized carbons (Fsp3) is 0.318. The lowest BCUT2D eigenvalue weighted by Gasteiger charge is -2.39. The number of nitrogens with zero attached hydrogens (tertiary/aromatic N) is 1. The van der Waals surface area contributed by atoms with Crippen LogP contribution in [0.5, 0.6) is 0 Å². The molecule has 0 aliphatic carbocycles. The van der Waals surface area contributed by atoms with Crippen LogP contribution in [0.3, 0.4) is 0 Å². The van der Waals surface area contributed by atoms with E-state index in [9.17, 15) is 0 Å². The Hall–Kier alpha value is -2.15. The lowest BCUT2D eigenvalue weighted by molar-refractivity contribution is -0.739. The van der Waals surface area contributed by atoms with E-state index in [-0.39, 0.29) is 5.54 Å². The van der Waals surface area contributed by atoms with Crippen LogP contribution in [0, 0.1) is 0 Å². The summed E-state index contributed by atoms with van der Waals surface area (Å²) in [6.45, 7) is 7.09. The third-order valence-corrected chi connectivity index (χ3v) is 6.02. The maximum absolute atomic E-state index is 2.63. The predicted octanol–water partition coefficient (Wildman–Crippen LogP) is 5.43. The fourth-order valence-corrected chi connectivity index (χ4v) is 4.66. The van der Waals surface area contributed by atoms with Crippen LogP contribution in [0.1, 0.15) is 45.1 Å². The molecule has 0 saturated carbocycles. The van der Waals surface area contributed by atoms with E-state index >= 15 is 0 Å². The van der Waals surface area contributed by atoms with Crippen LogP contribution >= 0.6 is 0 Å². The van der Waals surface area contributed by atoms with Gasteiger partial charge in [-0.15, -0.1) is 0 Å². The number of fused-ring (bicyclic) bond motifs is 5. The van der Waals surface area contributed by atoms with E-state index in [1.807, 2.05) is 0 Å². The minimum atomic E-state index is 0.143. The maximum Gasteiger partial charge on any atom is 0.213 e. The summed E-state index contributed by atoms with van der Waals surface area (Å²) in [5, 5.41) is 1.33. The zero-order chi connectivity index (χ0) is 16.0. The molecule has 0 amide bonds. The second kappa shape index (κ2) is 5.19. The zero-order valence-corrected chi connectivity index (χ0v) is 14.2. The number of benzene rings is 2. The Morgan fingerprint density at radius 2 is 1.57 bits per heavy atom. The van der Waals surface area contributed by atoms with E-state index in [1.165, 1.54) is 27.7 Å². The van der Waals surface area contributed by atoms with E-state index in [2.05, 4.69) is 86.0 Å². The highest BCUT2D eigenvalue weighted by molar-refractivity contribution is 5.78. The number of rotatable bonds is 2. The van der Waals surface area contributed by atoms with Crippen molar-refractivity contribution in [3.63, 3.8) is 0 Å². The molecule has 1 atom stereocenters. The van der Waals surface area contributed by atoms with Gasteiger partial charge >= 0.3 is 0 Å². The monoisotopic (exact) mass is 302 g/mol. The van der Waals surface area contributed by atoms with Crippen molar-refractivity contribution in [1.82, 2.24) is 0 Å². The molecule has 2 heterocycles. The Morgan fingerprint density at radius 3 is 2.35 bits per heavy atom.